The summed E-state index contributed by atoms with van der Waals surface area (Å²) in [5, 5.41) is 9.61. The van der Waals surface area contributed by atoms with Gasteiger partial charge in [0.2, 0.25) is 6.67 Å². The van der Waals surface area contributed by atoms with E-state index in [1.807, 2.05) is 22.2 Å². The maximum absolute atomic E-state index is 9.61. The predicted molar refractivity (Wildman–Crippen MR) is 57.0 cm³/mol. The molecule has 1 rings (SSSR count). The molecular weight excluding hydrogens is 176 g/mol. The van der Waals surface area contributed by atoms with Gasteiger partial charge in [0.05, 0.1) is 5.60 Å². The largest absolute Gasteiger partial charge is 0.389 e. The second kappa shape index (κ2) is 4.69. The van der Waals surface area contributed by atoms with E-state index in [2.05, 4.69) is 13.6 Å². The van der Waals surface area contributed by atoms with Gasteiger partial charge in [0.15, 0.2) is 0 Å². The Bertz CT molecular complexity index is 196. The molecule has 1 heterocycles. The minimum atomic E-state index is -0.669. The SMILES string of the molecule is CCCCN1[C]N(CC(C)(C)O)C=C1. The molecule has 14 heavy (non-hydrogen) atoms. The lowest BCUT2D eigenvalue weighted by atomic mass is 10.1. The van der Waals surface area contributed by atoms with Gasteiger partial charge < -0.3 is 14.9 Å². The highest BCUT2D eigenvalue weighted by atomic mass is 16.3. The highest BCUT2D eigenvalue weighted by molar-refractivity contribution is 4.98. The fourth-order valence-electron chi connectivity index (χ4n) is 1.35. The summed E-state index contributed by atoms with van der Waals surface area (Å²) in [6.07, 6.45) is 6.32. The average molecular weight is 196 g/mol. The second-order valence-corrected chi connectivity index (χ2v) is 4.39. The van der Waals surface area contributed by atoms with Crippen molar-refractivity contribution >= 4 is 0 Å². The highest BCUT2D eigenvalue weighted by Crippen LogP contribution is 2.15. The molecule has 0 aromatic carbocycles. The van der Waals surface area contributed by atoms with Crippen LogP contribution in [0.15, 0.2) is 12.4 Å². The first-order valence-corrected chi connectivity index (χ1v) is 5.21. The molecule has 0 fully saturated rings. The lowest BCUT2D eigenvalue weighted by Gasteiger charge is -2.25. The van der Waals surface area contributed by atoms with Crippen LogP contribution in [0, 0.1) is 6.67 Å². The summed E-state index contributed by atoms with van der Waals surface area (Å²) in [5.41, 5.74) is -0.669. The Balaban J connectivity index is 2.25. The molecule has 0 atom stereocenters. The number of aliphatic hydroxyl groups is 1. The van der Waals surface area contributed by atoms with Crippen molar-refractivity contribution in [2.24, 2.45) is 0 Å². The van der Waals surface area contributed by atoms with Gasteiger partial charge in [0, 0.05) is 25.5 Å². The van der Waals surface area contributed by atoms with Crippen molar-refractivity contribution < 1.29 is 5.11 Å². The molecule has 0 amide bonds. The molecule has 3 heteroatoms. The molecule has 0 saturated carbocycles. The Labute approximate surface area is 87.0 Å². The van der Waals surface area contributed by atoms with Gasteiger partial charge in [-0.25, -0.2) is 0 Å². The number of nitrogens with zero attached hydrogens (tertiary/aromatic N) is 2. The fraction of sp³-hybridized carbons (Fsp3) is 0.727. The first-order chi connectivity index (χ1) is 6.51. The van der Waals surface area contributed by atoms with Crippen molar-refractivity contribution in [3.63, 3.8) is 0 Å². The highest BCUT2D eigenvalue weighted by Gasteiger charge is 2.21. The second-order valence-electron chi connectivity index (χ2n) is 4.39. The zero-order chi connectivity index (χ0) is 10.6. The van der Waals surface area contributed by atoms with Crippen LogP contribution in [-0.2, 0) is 0 Å². The van der Waals surface area contributed by atoms with Crippen molar-refractivity contribution in [3.8, 4) is 0 Å². The zero-order valence-corrected chi connectivity index (χ0v) is 9.32. The number of hydrogen-bond donors (Lipinski definition) is 1. The van der Waals surface area contributed by atoms with Crippen molar-refractivity contribution in [2.75, 3.05) is 13.1 Å². The molecule has 1 aliphatic rings. The van der Waals surface area contributed by atoms with Crippen LogP contribution in [0.3, 0.4) is 0 Å². The van der Waals surface area contributed by atoms with E-state index in [0.29, 0.717) is 6.54 Å². The number of rotatable bonds is 5. The smallest absolute Gasteiger partial charge is 0.208 e. The molecule has 0 aliphatic carbocycles. The van der Waals surface area contributed by atoms with E-state index in [1.165, 1.54) is 12.8 Å². The van der Waals surface area contributed by atoms with E-state index in [0.717, 1.165) is 6.54 Å². The average Bonchev–Trinajstić information content (AvgIpc) is 2.46. The Morgan fingerprint density at radius 1 is 1.29 bits per heavy atom. The fourth-order valence-corrected chi connectivity index (χ4v) is 1.35. The van der Waals surface area contributed by atoms with Gasteiger partial charge in [0.25, 0.3) is 0 Å². The molecule has 2 radical (unpaired) electrons. The van der Waals surface area contributed by atoms with Crippen molar-refractivity contribution in [3.05, 3.63) is 19.1 Å². The summed E-state index contributed by atoms with van der Waals surface area (Å²) >= 11 is 0. The zero-order valence-electron chi connectivity index (χ0n) is 9.32. The molecule has 3 nitrogen and oxygen atoms in total. The van der Waals surface area contributed by atoms with Gasteiger partial charge in [-0.05, 0) is 20.3 Å². The number of β-amino-alcohol motifs (C(OH)–C–C–N with tert-alkyl or cyclic N) is 1. The third-order valence-electron chi connectivity index (χ3n) is 1.99. The van der Waals surface area contributed by atoms with Gasteiger partial charge in [-0.2, -0.15) is 0 Å². The summed E-state index contributed by atoms with van der Waals surface area (Å²) in [7, 11) is 0. The van der Waals surface area contributed by atoms with Crippen molar-refractivity contribution in [2.45, 2.75) is 39.2 Å². The van der Waals surface area contributed by atoms with Crippen LogP contribution in [0.25, 0.3) is 0 Å². The van der Waals surface area contributed by atoms with Gasteiger partial charge in [0.1, 0.15) is 0 Å². The summed E-state index contributed by atoms with van der Waals surface area (Å²) in [6.45, 7) is 10.6. The van der Waals surface area contributed by atoms with E-state index in [9.17, 15) is 5.11 Å². The Morgan fingerprint density at radius 3 is 2.50 bits per heavy atom. The van der Waals surface area contributed by atoms with E-state index >= 15 is 0 Å². The Kier molecular flexibility index (Phi) is 3.81. The Hall–Kier alpha value is -0.700. The molecule has 0 unspecified atom stereocenters. The van der Waals surface area contributed by atoms with Crippen LogP contribution >= 0.6 is 0 Å². The van der Waals surface area contributed by atoms with Crippen LogP contribution in [-0.4, -0.2) is 33.6 Å². The molecule has 0 bridgehead atoms. The van der Waals surface area contributed by atoms with Gasteiger partial charge in [-0.1, -0.05) is 13.3 Å². The molecule has 0 aromatic rings. The Morgan fingerprint density at radius 2 is 1.93 bits per heavy atom. The first-order valence-electron chi connectivity index (χ1n) is 5.21. The van der Waals surface area contributed by atoms with Crippen LogP contribution < -0.4 is 0 Å². The number of unbranched alkanes of at least 4 members (excludes halogenated alkanes) is 1. The molecule has 0 saturated heterocycles. The third kappa shape index (κ3) is 4.01. The molecule has 0 aromatic heterocycles. The molecule has 1 N–H and O–H groups in total. The normalized spacial score (nSPS) is 16.9. The minimum Gasteiger partial charge on any atom is -0.389 e. The minimum absolute atomic E-state index is 0.589. The quantitative estimate of drug-likeness (QED) is 0.724. The first kappa shape index (κ1) is 11.4. The summed E-state index contributed by atoms with van der Waals surface area (Å²) in [5.74, 6) is 0. The van der Waals surface area contributed by atoms with Crippen LogP contribution in [0.4, 0.5) is 0 Å². The van der Waals surface area contributed by atoms with Crippen molar-refractivity contribution in [1.29, 1.82) is 0 Å². The van der Waals surface area contributed by atoms with Crippen LogP contribution in [0.2, 0.25) is 0 Å². The monoisotopic (exact) mass is 196 g/mol. The van der Waals surface area contributed by atoms with Gasteiger partial charge in [-0.15, -0.1) is 0 Å². The van der Waals surface area contributed by atoms with E-state index < -0.39 is 5.60 Å². The number of hydrogen-bond acceptors (Lipinski definition) is 3. The maximum atomic E-state index is 9.61. The topological polar surface area (TPSA) is 26.7 Å². The molecule has 80 valence electrons. The van der Waals surface area contributed by atoms with E-state index in [4.69, 9.17) is 0 Å². The molecule has 1 aliphatic heterocycles. The van der Waals surface area contributed by atoms with E-state index in [1.54, 1.807) is 13.8 Å². The molecular formula is C11H20N2O. The molecule has 0 spiro atoms. The van der Waals surface area contributed by atoms with Gasteiger partial charge in [-0.3, -0.25) is 0 Å². The van der Waals surface area contributed by atoms with Crippen LogP contribution in [0.5, 0.6) is 0 Å². The lowest BCUT2D eigenvalue weighted by molar-refractivity contribution is 0.0546. The predicted octanol–water partition coefficient (Wildman–Crippen LogP) is 1.64. The van der Waals surface area contributed by atoms with Crippen molar-refractivity contribution in [1.82, 2.24) is 9.80 Å². The summed E-state index contributed by atoms with van der Waals surface area (Å²) < 4.78 is 0. The van der Waals surface area contributed by atoms with Crippen LogP contribution in [0.1, 0.15) is 33.6 Å². The lowest BCUT2D eigenvalue weighted by Crippen LogP contribution is -2.34. The van der Waals surface area contributed by atoms with E-state index in [-0.39, 0.29) is 0 Å². The standard InChI is InChI=1S/C11H20N2O/c1-4-5-6-12-7-8-13(10-12)9-11(2,3)14/h7-8,14H,4-6,9H2,1-3H3. The summed E-state index contributed by atoms with van der Waals surface area (Å²) in [4.78, 5) is 3.94. The third-order valence-corrected chi connectivity index (χ3v) is 1.99. The maximum Gasteiger partial charge on any atom is 0.208 e. The van der Waals surface area contributed by atoms with Gasteiger partial charge >= 0.3 is 0 Å². The summed E-state index contributed by atoms with van der Waals surface area (Å²) in [6, 6.07) is 0.